The van der Waals surface area contributed by atoms with Gasteiger partial charge in [-0.05, 0) is 26.7 Å². The highest BCUT2D eigenvalue weighted by Gasteiger charge is 2.29. The third kappa shape index (κ3) is 3.74. The van der Waals surface area contributed by atoms with Gasteiger partial charge in [-0.2, -0.15) is 0 Å². The van der Waals surface area contributed by atoms with E-state index in [1.165, 1.54) is 12.8 Å². The van der Waals surface area contributed by atoms with Crippen molar-refractivity contribution in [3.63, 3.8) is 0 Å². The van der Waals surface area contributed by atoms with Crippen LogP contribution in [0.3, 0.4) is 0 Å². The van der Waals surface area contributed by atoms with E-state index in [1.807, 2.05) is 0 Å². The van der Waals surface area contributed by atoms with E-state index in [4.69, 9.17) is 4.74 Å². The van der Waals surface area contributed by atoms with Crippen LogP contribution in [0.2, 0.25) is 0 Å². The summed E-state index contributed by atoms with van der Waals surface area (Å²) in [6.45, 7) is 6.06. The van der Waals surface area contributed by atoms with Crippen LogP contribution in [0.1, 0.15) is 39.5 Å². The molecule has 0 bridgehead atoms. The second-order valence-electron chi connectivity index (χ2n) is 4.74. The molecule has 0 aromatic rings. The Morgan fingerprint density at radius 1 is 1.33 bits per heavy atom. The van der Waals surface area contributed by atoms with Crippen LogP contribution in [0.15, 0.2) is 0 Å². The number of ether oxygens (including phenoxy) is 1. The lowest BCUT2D eigenvalue weighted by Gasteiger charge is -2.40. The fourth-order valence-corrected chi connectivity index (χ4v) is 2.48. The molecule has 2 atom stereocenters. The molecule has 0 aromatic carbocycles. The molecule has 0 saturated heterocycles. The number of aliphatic hydroxyl groups excluding tert-OH is 1. The van der Waals surface area contributed by atoms with Gasteiger partial charge in [-0.1, -0.05) is 12.8 Å². The zero-order valence-electron chi connectivity index (χ0n) is 10.3. The van der Waals surface area contributed by atoms with E-state index in [0.29, 0.717) is 12.1 Å². The van der Waals surface area contributed by atoms with Crippen LogP contribution in [-0.2, 0) is 4.74 Å². The summed E-state index contributed by atoms with van der Waals surface area (Å²) in [7, 11) is 1.73. The number of aliphatic hydroxyl groups is 1. The average molecular weight is 215 g/mol. The van der Waals surface area contributed by atoms with E-state index in [0.717, 1.165) is 26.0 Å². The fourth-order valence-electron chi connectivity index (χ4n) is 2.48. The van der Waals surface area contributed by atoms with Crippen molar-refractivity contribution in [3.8, 4) is 0 Å². The summed E-state index contributed by atoms with van der Waals surface area (Å²) in [5.74, 6) is 0. The zero-order chi connectivity index (χ0) is 11.3. The van der Waals surface area contributed by atoms with Gasteiger partial charge in [0.25, 0.3) is 0 Å². The van der Waals surface area contributed by atoms with Crippen LogP contribution in [0.4, 0.5) is 0 Å². The van der Waals surface area contributed by atoms with Crippen molar-refractivity contribution in [3.05, 3.63) is 0 Å². The van der Waals surface area contributed by atoms with Crippen molar-refractivity contribution in [2.24, 2.45) is 0 Å². The summed E-state index contributed by atoms with van der Waals surface area (Å²) < 4.78 is 5.13. The summed E-state index contributed by atoms with van der Waals surface area (Å²) in [6, 6.07) is 0.826. The van der Waals surface area contributed by atoms with E-state index in [2.05, 4.69) is 18.7 Å². The van der Waals surface area contributed by atoms with Crippen LogP contribution < -0.4 is 0 Å². The standard InChI is InChI=1S/C12H25NO2/c1-10(2)13(8-9-15-3)11-6-4-5-7-12(11)14/h10-12,14H,4-9H2,1-3H3/t11-,12-/m0/s1. The predicted molar refractivity (Wildman–Crippen MR) is 62.0 cm³/mol. The van der Waals surface area contributed by atoms with Crippen molar-refractivity contribution in [2.45, 2.75) is 57.7 Å². The highest BCUT2D eigenvalue weighted by Crippen LogP contribution is 2.24. The minimum Gasteiger partial charge on any atom is -0.391 e. The van der Waals surface area contributed by atoms with Crippen LogP contribution >= 0.6 is 0 Å². The van der Waals surface area contributed by atoms with Crippen LogP contribution in [0.25, 0.3) is 0 Å². The highest BCUT2D eigenvalue weighted by molar-refractivity contribution is 4.84. The summed E-state index contributed by atoms with van der Waals surface area (Å²) in [5, 5.41) is 10.0. The lowest BCUT2D eigenvalue weighted by Crippen LogP contribution is -2.49. The first-order chi connectivity index (χ1) is 7.16. The minimum atomic E-state index is -0.141. The molecule has 1 aliphatic rings. The summed E-state index contributed by atoms with van der Waals surface area (Å²) in [5.41, 5.74) is 0. The monoisotopic (exact) mass is 215 g/mol. The molecule has 0 aromatic heterocycles. The smallest absolute Gasteiger partial charge is 0.0695 e. The maximum Gasteiger partial charge on any atom is 0.0695 e. The SMILES string of the molecule is COCCN(C(C)C)[C@H]1CCCC[C@@H]1O. The van der Waals surface area contributed by atoms with E-state index in [9.17, 15) is 5.11 Å². The van der Waals surface area contributed by atoms with Crippen LogP contribution in [0.5, 0.6) is 0 Å². The lowest BCUT2D eigenvalue weighted by atomic mass is 9.90. The number of nitrogens with zero attached hydrogens (tertiary/aromatic N) is 1. The lowest BCUT2D eigenvalue weighted by molar-refractivity contribution is -0.00581. The largest absolute Gasteiger partial charge is 0.391 e. The molecule has 15 heavy (non-hydrogen) atoms. The molecule has 0 heterocycles. The topological polar surface area (TPSA) is 32.7 Å². The van der Waals surface area contributed by atoms with Gasteiger partial charge >= 0.3 is 0 Å². The molecule has 1 N–H and O–H groups in total. The van der Waals surface area contributed by atoms with E-state index in [1.54, 1.807) is 7.11 Å². The average Bonchev–Trinajstić information content (AvgIpc) is 2.20. The van der Waals surface area contributed by atoms with E-state index < -0.39 is 0 Å². The van der Waals surface area contributed by atoms with E-state index >= 15 is 0 Å². The number of hydrogen-bond acceptors (Lipinski definition) is 3. The second-order valence-corrected chi connectivity index (χ2v) is 4.74. The highest BCUT2D eigenvalue weighted by atomic mass is 16.5. The molecule has 1 fully saturated rings. The number of rotatable bonds is 5. The molecule has 0 aliphatic heterocycles. The summed E-state index contributed by atoms with van der Waals surface area (Å²) >= 11 is 0. The van der Waals surface area contributed by atoms with Gasteiger partial charge < -0.3 is 9.84 Å². The van der Waals surface area contributed by atoms with Crippen molar-refractivity contribution in [2.75, 3.05) is 20.3 Å². The molecular formula is C12H25NO2. The first kappa shape index (κ1) is 12.9. The Balaban J connectivity index is 2.52. The molecule has 1 rings (SSSR count). The zero-order valence-corrected chi connectivity index (χ0v) is 10.3. The Kier molecular flexibility index (Phi) is 5.58. The first-order valence-electron chi connectivity index (χ1n) is 6.09. The quantitative estimate of drug-likeness (QED) is 0.757. The third-order valence-corrected chi connectivity index (χ3v) is 3.34. The molecular weight excluding hydrogens is 190 g/mol. The minimum absolute atomic E-state index is 0.141. The van der Waals surface area contributed by atoms with Crippen LogP contribution in [-0.4, -0.2) is 48.5 Å². The van der Waals surface area contributed by atoms with Gasteiger partial charge in [0.2, 0.25) is 0 Å². The molecule has 0 amide bonds. The molecule has 0 radical (unpaired) electrons. The van der Waals surface area contributed by atoms with Crippen molar-refractivity contribution in [1.82, 2.24) is 4.90 Å². The van der Waals surface area contributed by atoms with Crippen molar-refractivity contribution < 1.29 is 9.84 Å². The molecule has 90 valence electrons. The fraction of sp³-hybridized carbons (Fsp3) is 1.00. The van der Waals surface area contributed by atoms with Crippen LogP contribution in [0, 0.1) is 0 Å². The number of hydrogen-bond donors (Lipinski definition) is 1. The number of methoxy groups -OCH3 is 1. The molecule has 0 spiro atoms. The third-order valence-electron chi connectivity index (χ3n) is 3.34. The van der Waals surface area contributed by atoms with Gasteiger partial charge in [0.05, 0.1) is 12.7 Å². The molecule has 0 unspecified atom stereocenters. The molecule has 3 nitrogen and oxygen atoms in total. The molecule has 1 saturated carbocycles. The van der Waals surface area contributed by atoms with Gasteiger partial charge in [0, 0.05) is 25.7 Å². The Morgan fingerprint density at radius 2 is 2.00 bits per heavy atom. The molecule has 1 aliphatic carbocycles. The Hall–Kier alpha value is -0.120. The summed E-state index contributed by atoms with van der Waals surface area (Å²) in [6.07, 6.45) is 4.37. The maximum atomic E-state index is 10.0. The van der Waals surface area contributed by atoms with Crippen molar-refractivity contribution >= 4 is 0 Å². The van der Waals surface area contributed by atoms with Crippen molar-refractivity contribution in [1.29, 1.82) is 0 Å². The molecule has 3 heteroatoms. The van der Waals surface area contributed by atoms with Gasteiger partial charge in [-0.3, -0.25) is 4.90 Å². The van der Waals surface area contributed by atoms with Gasteiger partial charge in [0.1, 0.15) is 0 Å². The summed E-state index contributed by atoms with van der Waals surface area (Å²) in [4.78, 5) is 2.38. The van der Waals surface area contributed by atoms with Gasteiger partial charge in [0.15, 0.2) is 0 Å². The predicted octanol–water partition coefficient (Wildman–Crippen LogP) is 1.65. The maximum absolute atomic E-state index is 10.0. The Morgan fingerprint density at radius 3 is 2.53 bits per heavy atom. The normalized spacial score (nSPS) is 27.6. The van der Waals surface area contributed by atoms with Gasteiger partial charge in [-0.15, -0.1) is 0 Å². The van der Waals surface area contributed by atoms with Gasteiger partial charge in [-0.25, -0.2) is 0 Å². The second kappa shape index (κ2) is 6.46. The first-order valence-corrected chi connectivity index (χ1v) is 6.09. The Labute approximate surface area is 93.4 Å². The Bertz CT molecular complexity index is 173. The van der Waals surface area contributed by atoms with E-state index in [-0.39, 0.29) is 6.10 Å².